The normalized spacial score (nSPS) is 11.0. The SMILES string of the molecule is Cn1c(Sc2ccnc3cc(Cl)ccc23)cc(=O)n(C)c1=O. The molecule has 2 heterocycles. The van der Waals surface area contributed by atoms with Crippen LogP contribution in [-0.2, 0) is 14.1 Å². The second kappa shape index (κ2) is 5.62. The van der Waals surface area contributed by atoms with Crippen LogP contribution in [0.5, 0.6) is 0 Å². The molecule has 0 N–H and O–H groups in total. The number of nitrogens with zero attached hydrogens (tertiary/aromatic N) is 3. The van der Waals surface area contributed by atoms with Crippen molar-refractivity contribution in [1.82, 2.24) is 14.1 Å². The first-order valence-corrected chi connectivity index (χ1v) is 7.66. The molecule has 0 aliphatic carbocycles. The molecule has 5 nitrogen and oxygen atoms in total. The first kappa shape index (κ1) is 14.9. The number of rotatable bonds is 2. The van der Waals surface area contributed by atoms with Crippen LogP contribution in [-0.4, -0.2) is 14.1 Å². The van der Waals surface area contributed by atoms with Crippen molar-refractivity contribution in [2.75, 3.05) is 0 Å². The molecule has 0 aliphatic rings. The summed E-state index contributed by atoms with van der Waals surface area (Å²) in [4.78, 5) is 29.0. The average molecular weight is 334 g/mol. The molecule has 0 amide bonds. The lowest BCUT2D eigenvalue weighted by atomic mass is 10.2. The van der Waals surface area contributed by atoms with Crippen LogP contribution in [0.15, 0.2) is 56.0 Å². The molecule has 2 aromatic heterocycles. The van der Waals surface area contributed by atoms with Crippen LogP contribution in [0, 0.1) is 0 Å². The minimum atomic E-state index is -0.351. The molecule has 0 unspecified atom stereocenters. The van der Waals surface area contributed by atoms with Crippen LogP contribution < -0.4 is 11.2 Å². The first-order valence-electron chi connectivity index (χ1n) is 6.46. The van der Waals surface area contributed by atoms with Gasteiger partial charge in [0, 0.05) is 41.7 Å². The van der Waals surface area contributed by atoms with Crippen molar-refractivity contribution in [2.45, 2.75) is 9.92 Å². The van der Waals surface area contributed by atoms with E-state index in [9.17, 15) is 9.59 Å². The van der Waals surface area contributed by atoms with Gasteiger partial charge in [-0.2, -0.15) is 0 Å². The highest BCUT2D eigenvalue weighted by Crippen LogP contribution is 2.32. The summed E-state index contributed by atoms with van der Waals surface area (Å²) in [5.41, 5.74) is 0.0924. The van der Waals surface area contributed by atoms with Crippen molar-refractivity contribution in [2.24, 2.45) is 14.1 Å². The van der Waals surface area contributed by atoms with Gasteiger partial charge in [-0.1, -0.05) is 29.4 Å². The summed E-state index contributed by atoms with van der Waals surface area (Å²) in [5, 5.41) is 2.11. The Morgan fingerprint density at radius 3 is 2.64 bits per heavy atom. The fraction of sp³-hybridized carbons (Fsp3) is 0.133. The molecule has 0 fully saturated rings. The number of benzene rings is 1. The predicted molar refractivity (Wildman–Crippen MR) is 87.8 cm³/mol. The Kier molecular flexibility index (Phi) is 3.80. The van der Waals surface area contributed by atoms with Crippen LogP contribution in [0.1, 0.15) is 0 Å². The van der Waals surface area contributed by atoms with Gasteiger partial charge in [-0.3, -0.25) is 18.9 Å². The van der Waals surface area contributed by atoms with Gasteiger partial charge in [-0.15, -0.1) is 0 Å². The molecule has 112 valence electrons. The number of fused-ring (bicyclic) bond motifs is 1. The van der Waals surface area contributed by atoms with Crippen molar-refractivity contribution >= 4 is 34.3 Å². The quantitative estimate of drug-likeness (QED) is 0.676. The molecule has 7 heteroatoms. The maximum atomic E-state index is 12.0. The van der Waals surface area contributed by atoms with E-state index in [1.165, 1.54) is 29.4 Å². The Balaban J connectivity index is 2.16. The highest BCUT2D eigenvalue weighted by Gasteiger charge is 2.10. The second-order valence-corrected chi connectivity index (χ2v) is 6.29. The zero-order valence-corrected chi connectivity index (χ0v) is 13.5. The summed E-state index contributed by atoms with van der Waals surface area (Å²) in [6, 6.07) is 8.76. The molecule has 0 spiro atoms. The average Bonchev–Trinajstić information content (AvgIpc) is 2.50. The minimum Gasteiger partial charge on any atom is -0.291 e. The Labute approximate surface area is 135 Å². The molecular weight excluding hydrogens is 322 g/mol. The van der Waals surface area contributed by atoms with Crippen LogP contribution in [0.2, 0.25) is 5.02 Å². The van der Waals surface area contributed by atoms with Gasteiger partial charge in [-0.25, -0.2) is 4.79 Å². The van der Waals surface area contributed by atoms with Crippen molar-refractivity contribution < 1.29 is 0 Å². The topological polar surface area (TPSA) is 56.9 Å². The van der Waals surface area contributed by atoms with Crippen LogP contribution >= 0.6 is 23.4 Å². The van der Waals surface area contributed by atoms with Gasteiger partial charge in [0.1, 0.15) is 0 Å². The van der Waals surface area contributed by atoms with Crippen LogP contribution in [0.4, 0.5) is 0 Å². The lowest BCUT2D eigenvalue weighted by Gasteiger charge is -2.10. The summed E-state index contributed by atoms with van der Waals surface area (Å²) in [6.45, 7) is 0. The van der Waals surface area contributed by atoms with Gasteiger partial charge in [-0.05, 0) is 18.2 Å². The lowest BCUT2D eigenvalue weighted by Crippen LogP contribution is -2.36. The van der Waals surface area contributed by atoms with E-state index < -0.39 is 0 Å². The van der Waals surface area contributed by atoms with Gasteiger partial charge in [0.2, 0.25) is 0 Å². The molecule has 1 aromatic carbocycles. The summed E-state index contributed by atoms with van der Waals surface area (Å²) < 4.78 is 2.53. The molecular formula is C15H12ClN3O2S. The first-order chi connectivity index (χ1) is 10.5. The molecule has 0 bridgehead atoms. The number of hydrogen-bond donors (Lipinski definition) is 0. The van der Waals surface area contributed by atoms with Crippen molar-refractivity contribution in [3.8, 4) is 0 Å². The number of hydrogen-bond acceptors (Lipinski definition) is 4. The minimum absolute atomic E-state index is 0.327. The summed E-state index contributed by atoms with van der Waals surface area (Å²) in [7, 11) is 3.10. The van der Waals surface area contributed by atoms with E-state index in [-0.39, 0.29) is 11.2 Å². The van der Waals surface area contributed by atoms with Gasteiger partial charge in [0.25, 0.3) is 5.56 Å². The fourth-order valence-electron chi connectivity index (χ4n) is 2.11. The van der Waals surface area contributed by atoms with Crippen molar-refractivity contribution in [3.05, 3.63) is 62.4 Å². The lowest BCUT2D eigenvalue weighted by molar-refractivity contribution is 0.636. The molecule has 0 radical (unpaired) electrons. The van der Waals surface area contributed by atoms with E-state index in [2.05, 4.69) is 4.98 Å². The van der Waals surface area contributed by atoms with Crippen molar-refractivity contribution in [3.63, 3.8) is 0 Å². The zero-order chi connectivity index (χ0) is 15.9. The summed E-state index contributed by atoms with van der Waals surface area (Å²) >= 11 is 7.33. The molecule has 0 aliphatic heterocycles. The Morgan fingerprint density at radius 2 is 1.86 bits per heavy atom. The fourth-order valence-corrected chi connectivity index (χ4v) is 3.29. The zero-order valence-electron chi connectivity index (χ0n) is 11.9. The number of aromatic nitrogens is 3. The second-order valence-electron chi connectivity index (χ2n) is 4.79. The third kappa shape index (κ3) is 2.55. The molecule has 0 saturated carbocycles. The number of halogens is 1. The van der Waals surface area contributed by atoms with E-state index >= 15 is 0 Å². The maximum Gasteiger partial charge on any atom is 0.331 e. The largest absolute Gasteiger partial charge is 0.331 e. The van der Waals surface area contributed by atoms with E-state index in [1.54, 1.807) is 25.4 Å². The highest BCUT2D eigenvalue weighted by atomic mass is 35.5. The smallest absolute Gasteiger partial charge is 0.291 e. The molecule has 3 rings (SSSR count). The molecule has 0 saturated heterocycles. The van der Waals surface area contributed by atoms with E-state index in [0.29, 0.717) is 10.0 Å². The van der Waals surface area contributed by atoms with Gasteiger partial charge in [0.15, 0.2) is 0 Å². The van der Waals surface area contributed by atoms with Crippen LogP contribution in [0.25, 0.3) is 10.9 Å². The van der Waals surface area contributed by atoms with E-state index in [0.717, 1.165) is 20.4 Å². The number of pyridine rings is 1. The molecule has 22 heavy (non-hydrogen) atoms. The Hall–Kier alpha value is -2.05. The maximum absolute atomic E-state index is 12.0. The molecule has 0 atom stereocenters. The summed E-state index contributed by atoms with van der Waals surface area (Å²) in [6.07, 6.45) is 1.68. The predicted octanol–water partition coefficient (Wildman–Crippen LogP) is 2.44. The van der Waals surface area contributed by atoms with Gasteiger partial charge in [0.05, 0.1) is 10.5 Å². The third-order valence-electron chi connectivity index (χ3n) is 3.36. The van der Waals surface area contributed by atoms with Gasteiger partial charge < -0.3 is 0 Å². The van der Waals surface area contributed by atoms with Crippen LogP contribution in [0.3, 0.4) is 0 Å². The Bertz CT molecular complexity index is 994. The monoisotopic (exact) mass is 333 g/mol. The van der Waals surface area contributed by atoms with Crippen molar-refractivity contribution in [1.29, 1.82) is 0 Å². The molecule has 3 aromatic rings. The highest BCUT2D eigenvalue weighted by molar-refractivity contribution is 7.99. The van der Waals surface area contributed by atoms with E-state index in [4.69, 9.17) is 11.6 Å². The Morgan fingerprint density at radius 1 is 1.09 bits per heavy atom. The van der Waals surface area contributed by atoms with E-state index in [1.807, 2.05) is 12.1 Å². The summed E-state index contributed by atoms with van der Waals surface area (Å²) in [5.74, 6) is 0. The standard InChI is InChI=1S/C15H12ClN3O2S/c1-18-13(20)8-14(19(2)15(18)21)22-12-5-6-17-11-7-9(16)3-4-10(11)12/h3-8H,1-2H3. The van der Waals surface area contributed by atoms with Gasteiger partial charge >= 0.3 is 5.69 Å². The third-order valence-corrected chi connectivity index (χ3v) is 4.77.